The number of nitrogens with zero attached hydrogens (tertiary/aromatic N) is 3. The lowest BCUT2D eigenvalue weighted by atomic mass is 10.5. The molecule has 0 atom stereocenters. The number of allylic oxidation sites excluding steroid dienone is 2. The zero-order chi connectivity index (χ0) is 11.5. The average Bonchev–Trinajstić information content (AvgIpc) is 2.81. The normalized spacial score (nSPS) is 15.4. The van der Waals surface area contributed by atoms with Crippen LogP contribution in [0.3, 0.4) is 0 Å². The van der Waals surface area contributed by atoms with E-state index in [-0.39, 0.29) is 11.6 Å². The molecule has 0 aliphatic carbocycles. The fourth-order valence-electron chi connectivity index (χ4n) is 1.33. The summed E-state index contributed by atoms with van der Waals surface area (Å²) in [5, 5.41) is 15.2. The number of nitro groups is 1. The van der Waals surface area contributed by atoms with E-state index in [0.717, 1.165) is 0 Å². The van der Waals surface area contributed by atoms with Crippen LogP contribution in [0.15, 0.2) is 34.3 Å². The van der Waals surface area contributed by atoms with Crippen LogP contribution in [0.5, 0.6) is 5.88 Å². The van der Waals surface area contributed by atoms with Crippen molar-refractivity contribution in [2.24, 2.45) is 0 Å². The molecule has 2 heterocycles. The van der Waals surface area contributed by atoms with Gasteiger partial charge in [-0.1, -0.05) is 12.2 Å². The highest BCUT2D eigenvalue weighted by molar-refractivity contribution is 8.22. The molecule has 1 aromatic heterocycles. The molecule has 1 aliphatic rings. The molecule has 0 amide bonds. The molecule has 84 valence electrons. The summed E-state index contributed by atoms with van der Waals surface area (Å²) in [6.45, 7) is 0. The van der Waals surface area contributed by atoms with Crippen LogP contribution in [-0.4, -0.2) is 22.0 Å². The number of aromatic nitrogens is 2. The van der Waals surface area contributed by atoms with Crippen LogP contribution in [0.25, 0.3) is 0 Å². The average molecular weight is 239 g/mol. The first-order chi connectivity index (χ1) is 7.74. The third kappa shape index (κ3) is 1.76. The van der Waals surface area contributed by atoms with Crippen molar-refractivity contribution in [3.8, 4) is 5.88 Å². The summed E-state index contributed by atoms with van der Waals surface area (Å²) in [5.41, 5.74) is -0.146. The molecule has 0 saturated carbocycles. The number of ether oxygens (including phenoxy) is 1. The predicted octanol–water partition coefficient (Wildman–Crippen LogP) is 1.79. The maximum atomic E-state index is 11.0. The van der Waals surface area contributed by atoms with Gasteiger partial charge in [-0.25, -0.2) is 4.98 Å². The van der Waals surface area contributed by atoms with Crippen LogP contribution in [0.4, 0.5) is 5.69 Å². The summed E-state index contributed by atoms with van der Waals surface area (Å²) in [4.78, 5) is 18.2. The van der Waals surface area contributed by atoms with Crippen molar-refractivity contribution in [3.63, 3.8) is 0 Å². The largest absolute Gasteiger partial charge is 0.476 e. The van der Waals surface area contributed by atoms with Gasteiger partial charge in [0.05, 0.1) is 12.0 Å². The van der Waals surface area contributed by atoms with E-state index >= 15 is 0 Å². The standard InChI is InChI=1S/C9H9N3O3S/c1-15-8-7(12(13)14)9(11-6-10-8)16-4-2-3-5-16/h2-6,16H,1H3. The third-order valence-corrected chi connectivity index (χ3v) is 3.80. The first-order valence-electron chi connectivity index (χ1n) is 4.40. The Kier molecular flexibility index (Phi) is 2.86. The topological polar surface area (TPSA) is 78.2 Å². The Morgan fingerprint density at radius 3 is 2.62 bits per heavy atom. The summed E-state index contributed by atoms with van der Waals surface area (Å²) >= 11 is 0. The Balaban J connectivity index is 2.55. The van der Waals surface area contributed by atoms with Crippen LogP contribution in [0.2, 0.25) is 0 Å². The van der Waals surface area contributed by atoms with Crippen molar-refractivity contribution in [1.82, 2.24) is 9.97 Å². The zero-order valence-corrected chi connectivity index (χ0v) is 9.29. The minimum atomic E-state index is -0.849. The van der Waals surface area contributed by atoms with E-state index in [4.69, 9.17) is 4.74 Å². The summed E-state index contributed by atoms with van der Waals surface area (Å²) in [7, 11) is 0.505. The fraction of sp³-hybridized carbons (Fsp3) is 0.111. The number of rotatable bonds is 3. The second kappa shape index (κ2) is 4.31. The van der Waals surface area contributed by atoms with Crippen molar-refractivity contribution in [2.45, 2.75) is 5.03 Å². The highest BCUT2D eigenvalue weighted by Gasteiger charge is 2.26. The molecular formula is C9H9N3O3S. The molecule has 1 aliphatic heterocycles. The number of methoxy groups -OCH3 is 1. The molecule has 7 heteroatoms. The molecule has 2 rings (SSSR count). The van der Waals surface area contributed by atoms with Crippen LogP contribution in [0.1, 0.15) is 0 Å². The molecule has 0 aromatic carbocycles. The van der Waals surface area contributed by atoms with Crippen molar-refractivity contribution >= 4 is 16.6 Å². The van der Waals surface area contributed by atoms with Gasteiger partial charge in [0.1, 0.15) is 6.33 Å². The van der Waals surface area contributed by atoms with Gasteiger partial charge in [0.25, 0.3) is 5.88 Å². The fourth-order valence-corrected chi connectivity index (χ4v) is 2.89. The Morgan fingerprint density at radius 1 is 1.38 bits per heavy atom. The first kappa shape index (κ1) is 10.6. The molecule has 0 radical (unpaired) electrons. The minimum Gasteiger partial charge on any atom is -0.476 e. The van der Waals surface area contributed by atoms with Gasteiger partial charge in [0.2, 0.25) is 0 Å². The maximum Gasteiger partial charge on any atom is 0.361 e. The molecule has 0 spiro atoms. The first-order valence-corrected chi connectivity index (χ1v) is 5.88. The lowest BCUT2D eigenvalue weighted by molar-refractivity contribution is -0.389. The number of thiol groups is 1. The smallest absolute Gasteiger partial charge is 0.361 e. The molecule has 0 N–H and O–H groups in total. The van der Waals surface area contributed by atoms with Crippen molar-refractivity contribution in [1.29, 1.82) is 0 Å². The van der Waals surface area contributed by atoms with Gasteiger partial charge in [-0.05, 0) is 10.8 Å². The van der Waals surface area contributed by atoms with Crippen molar-refractivity contribution < 1.29 is 9.66 Å². The molecule has 16 heavy (non-hydrogen) atoms. The highest BCUT2D eigenvalue weighted by atomic mass is 32.2. The van der Waals surface area contributed by atoms with E-state index in [0.29, 0.717) is 5.03 Å². The molecule has 0 bridgehead atoms. The lowest BCUT2D eigenvalue weighted by Gasteiger charge is -2.10. The Morgan fingerprint density at radius 2 is 2.06 bits per heavy atom. The van der Waals surface area contributed by atoms with E-state index in [1.807, 2.05) is 23.0 Å². The van der Waals surface area contributed by atoms with Gasteiger partial charge in [-0.3, -0.25) is 10.1 Å². The van der Waals surface area contributed by atoms with Gasteiger partial charge in [-0.15, -0.1) is 0 Å². The lowest BCUT2D eigenvalue weighted by Crippen LogP contribution is -2.00. The van der Waals surface area contributed by atoms with Gasteiger partial charge in [0, 0.05) is 0 Å². The number of hydrogen-bond donors (Lipinski definition) is 1. The monoisotopic (exact) mass is 239 g/mol. The minimum absolute atomic E-state index is 0.00574. The van der Waals surface area contributed by atoms with Crippen molar-refractivity contribution in [2.75, 3.05) is 7.11 Å². The SMILES string of the molecule is COc1ncnc([SH]2C=CC=C2)c1[N+](=O)[O-]. The van der Waals surface area contributed by atoms with Crippen molar-refractivity contribution in [3.05, 3.63) is 39.4 Å². The Bertz CT molecular complexity index is 475. The van der Waals surface area contributed by atoms with E-state index in [2.05, 4.69) is 9.97 Å². The van der Waals surface area contributed by atoms with Gasteiger partial charge >= 0.3 is 5.69 Å². The molecule has 0 fully saturated rings. The highest BCUT2D eigenvalue weighted by Crippen LogP contribution is 2.47. The van der Waals surface area contributed by atoms with Crippen LogP contribution >= 0.6 is 10.9 Å². The molecule has 0 unspecified atom stereocenters. The summed E-state index contributed by atoms with van der Waals surface area (Å²) < 4.78 is 4.88. The van der Waals surface area contributed by atoms with E-state index in [1.54, 1.807) is 0 Å². The summed E-state index contributed by atoms with van der Waals surface area (Å²) in [6.07, 6.45) is 4.98. The molecule has 0 saturated heterocycles. The van der Waals surface area contributed by atoms with E-state index in [9.17, 15) is 10.1 Å². The Labute approximate surface area is 94.2 Å². The van der Waals surface area contributed by atoms with E-state index in [1.165, 1.54) is 13.4 Å². The van der Waals surface area contributed by atoms with Crippen LogP contribution in [0, 0.1) is 10.1 Å². The summed E-state index contributed by atoms with van der Waals surface area (Å²) in [5.74, 6) is 0.00574. The molecular weight excluding hydrogens is 230 g/mol. The van der Waals surface area contributed by atoms with E-state index < -0.39 is 15.8 Å². The van der Waals surface area contributed by atoms with Gasteiger partial charge < -0.3 is 4.74 Å². The summed E-state index contributed by atoms with van der Waals surface area (Å²) in [6, 6.07) is 0. The second-order valence-electron chi connectivity index (χ2n) is 2.90. The third-order valence-electron chi connectivity index (χ3n) is 1.99. The zero-order valence-electron chi connectivity index (χ0n) is 8.40. The Hall–Kier alpha value is -1.89. The second-order valence-corrected chi connectivity index (χ2v) is 4.74. The number of hydrogen-bond acceptors (Lipinski definition) is 5. The van der Waals surface area contributed by atoms with Gasteiger partial charge in [0.15, 0.2) is 5.03 Å². The quantitative estimate of drug-likeness (QED) is 0.376. The maximum absolute atomic E-state index is 11.0. The predicted molar refractivity (Wildman–Crippen MR) is 60.8 cm³/mol. The van der Waals surface area contributed by atoms with Crippen LogP contribution in [-0.2, 0) is 0 Å². The molecule has 6 nitrogen and oxygen atoms in total. The van der Waals surface area contributed by atoms with Gasteiger partial charge in [-0.2, -0.15) is 15.9 Å². The molecule has 1 aromatic rings. The van der Waals surface area contributed by atoms with Crippen LogP contribution < -0.4 is 4.74 Å².